The number of hydrogen-bond acceptors (Lipinski definition) is 2. The van der Waals surface area contributed by atoms with Crippen molar-refractivity contribution in [2.75, 3.05) is 0 Å². The fraction of sp³-hybridized carbons (Fsp3) is 0.154. The normalized spacial score (nSPS) is 11.1. The first kappa shape index (κ1) is 9.21. The van der Waals surface area contributed by atoms with Crippen molar-refractivity contribution in [3.63, 3.8) is 0 Å². The van der Waals surface area contributed by atoms with E-state index >= 15 is 0 Å². The van der Waals surface area contributed by atoms with E-state index in [2.05, 4.69) is 4.98 Å². The average molecular weight is 212 g/mol. The minimum Gasteiger partial charge on any atom is -0.428 e. The van der Waals surface area contributed by atoms with Crippen LogP contribution in [0.25, 0.3) is 17.1 Å². The first-order valence-electron chi connectivity index (χ1n) is 5.26. The van der Waals surface area contributed by atoms with Crippen LogP contribution in [-0.4, -0.2) is 9.38 Å². The van der Waals surface area contributed by atoms with Crippen molar-refractivity contribution >= 4 is 5.84 Å². The highest BCUT2D eigenvalue weighted by molar-refractivity contribution is 5.61. The zero-order chi connectivity index (χ0) is 11.1. The van der Waals surface area contributed by atoms with Crippen molar-refractivity contribution in [1.82, 2.24) is 9.38 Å². The molecule has 0 aliphatic carbocycles. The summed E-state index contributed by atoms with van der Waals surface area (Å²) in [6.45, 7) is 3.98. The van der Waals surface area contributed by atoms with Crippen molar-refractivity contribution < 1.29 is 4.42 Å². The maximum atomic E-state index is 5.55. The Morgan fingerprint density at radius 2 is 1.88 bits per heavy atom. The van der Waals surface area contributed by atoms with Crippen LogP contribution >= 0.6 is 0 Å². The Morgan fingerprint density at radius 1 is 1.12 bits per heavy atom. The lowest BCUT2D eigenvalue weighted by Crippen LogP contribution is -1.81. The zero-order valence-corrected chi connectivity index (χ0v) is 9.27. The van der Waals surface area contributed by atoms with E-state index in [0.717, 1.165) is 22.7 Å². The quantitative estimate of drug-likeness (QED) is 0.620. The molecule has 0 aliphatic rings. The molecule has 2 aromatic heterocycles. The highest BCUT2D eigenvalue weighted by atomic mass is 16.4. The lowest BCUT2D eigenvalue weighted by Gasteiger charge is -1.93. The molecule has 3 nitrogen and oxygen atoms in total. The highest BCUT2D eigenvalue weighted by Gasteiger charge is 2.10. The Labute approximate surface area is 93.4 Å². The summed E-state index contributed by atoms with van der Waals surface area (Å²) in [7, 11) is 0. The Bertz CT molecular complexity index is 635. The van der Waals surface area contributed by atoms with Crippen molar-refractivity contribution in [2.24, 2.45) is 0 Å². The minimum absolute atomic E-state index is 0.661. The molecule has 0 unspecified atom stereocenters. The van der Waals surface area contributed by atoms with Crippen LogP contribution in [0.15, 0.2) is 40.9 Å². The SMILES string of the molecule is Cc1oc2nc(-c3ccccc3)cn2c1C. The van der Waals surface area contributed by atoms with Gasteiger partial charge in [-0.3, -0.25) is 4.40 Å². The van der Waals surface area contributed by atoms with Crippen LogP contribution in [0.3, 0.4) is 0 Å². The Morgan fingerprint density at radius 3 is 2.56 bits per heavy atom. The number of benzene rings is 1. The maximum absolute atomic E-state index is 5.55. The van der Waals surface area contributed by atoms with Gasteiger partial charge in [0.15, 0.2) is 0 Å². The monoisotopic (exact) mass is 212 g/mol. The third kappa shape index (κ3) is 1.25. The summed E-state index contributed by atoms with van der Waals surface area (Å²) < 4.78 is 7.54. The molecule has 16 heavy (non-hydrogen) atoms. The lowest BCUT2D eigenvalue weighted by molar-refractivity contribution is 0.561. The summed E-state index contributed by atoms with van der Waals surface area (Å²) in [4.78, 5) is 4.46. The van der Waals surface area contributed by atoms with Crippen LogP contribution in [0.5, 0.6) is 0 Å². The van der Waals surface area contributed by atoms with E-state index in [4.69, 9.17) is 4.42 Å². The predicted molar refractivity (Wildman–Crippen MR) is 62.4 cm³/mol. The van der Waals surface area contributed by atoms with E-state index in [-0.39, 0.29) is 0 Å². The molecule has 0 saturated heterocycles. The van der Waals surface area contributed by atoms with Crippen molar-refractivity contribution in [2.45, 2.75) is 13.8 Å². The van der Waals surface area contributed by atoms with Gasteiger partial charge in [-0.15, -0.1) is 0 Å². The molecule has 3 rings (SSSR count). The fourth-order valence-electron chi connectivity index (χ4n) is 1.80. The van der Waals surface area contributed by atoms with E-state index < -0.39 is 0 Å². The molecule has 80 valence electrons. The van der Waals surface area contributed by atoms with E-state index in [1.165, 1.54) is 0 Å². The van der Waals surface area contributed by atoms with Crippen LogP contribution in [0.1, 0.15) is 11.5 Å². The molecule has 0 N–H and O–H groups in total. The lowest BCUT2D eigenvalue weighted by atomic mass is 10.2. The molecule has 3 heteroatoms. The molecule has 0 fully saturated rings. The summed E-state index contributed by atoms with van der Waals surface area (Å²) in [5.74, 6) is 1.58. The predicted octanol–water partition coefficient (Wildman–Crippen LogP) is 3.21. The summed E-state index contributed by atoms with van der Waals surface area (Å²) in [6, 6.07) is 10.1. The molecule has 2 heterocycles. The van der Waals surface area contributed by atoms with E-state index in [1.54, 1.807) is 0 Å². The molecule has 0 bridgehead atoms. The van der Waals surface area contributed by atoms with Crippen molar-refractivity contribution in [3.05, 3.63) is 48.0 Å². The summed E-state index contributed by atoms with van der Waals surface area (Å²) in [5.41, 5.74) is 3.16. The number of aryl methyl sites for hydroxylation is 2. The average Bonchev–Trinajstić information content (AvgIpc) is 2.82. The van der Waals surface area contributed by atoms with Gasteiger partial charge in [-0.05, 0) is 13.8 Å². The van der Waals surface area contributed by atoms with Crippen molar-refractivity contribution in [1.29, 1.82) is 0 Å². The second-order valence-electron chi connectivity index (χ2n) is 3.89. The minimum atomic E-state index is 0.661. The van der Waals surface area contributed by atoms with E-state index in [0.29, 0.717) is 5.84 Å². The zero-order valence-electron chi connectivity index (χ0n) is 9.27. The van der Waals surface area contributed by atoms with Gasteiger partial charge in [-0.2, -0.15) is 4.98 Å². The van der Waals surface area contributed by atoms with Crippen LogP contribution in [0.4, 0.5) is 0 Å². The number of imidazole rings is 1. The Hall–Kier alpha value is -2.03. The summed E-state index contributed by atoms with van der Waals surface area (Å²) >= 11 is 0. The van der Waals surface area contributed by atoms with Gasteiger partial charge in [0.2, 0.25) is 0 Å². The van der Waals surface area contributed by atoms with Crippen LogP contribution in [0, 0.1) is 13.8 Å². The van der Waals surface area contributed by atoms with Crippen LogP contribution < -0.4 is 0 Å². The summed E-state index contributed by atoms with van der Waals surface area (Å²) in [5, 5.41) is 0. The largest absolute Gasteiger partial charge is 0.428 e. The smallest absolute Gasteiger partial charge is 0.306 e. The third-order valence-electron chi connectivity index (χ3n) is 2.86. The van der Waals surface area contributed by atoms with Crippen molar-refractivity contribution in [3.8, 4) is 11.3 Å². The van der Waals surface area contributed by atoms with Gasteiger partial charge in [0.05, 0.1) is 11.4 Å². The second-order valence-corrected chi connectivity index (χ2v) is 3.89. The number of aromatic nitrogens is 2. The van der Waals surface area contributed by atoms with E-state index in [9.17, 15) is 0 Å². The molecule has 0 radical (unpaired) electrons. The second kappa shape index (κ2) is 3.23. The van der Waals surface area contributed by atoms with E-state index in [1.807, 2.05) is 54.8 Å². The molecular formula is C13H12N2O. The van der Waals surface area contributed by atoms with Gasteiger partial charge in [-0.1, -0.05) is 30.3 Å². The van der Waals surface area contributed by atoms with Crippen LogP contribution in [-0.2, 0) is 0 Å². The molecule has 0 atom stereocenters. The molecule has 0 spiro atoms. The molecular weight excluding hydrogens is 200 g/mol. The number of nitrogens with zero attached hydrogens (tertiary/aromatic N) is 2. The number of fused-ring (bicyclic) bond motifs is 1. The van der Waals surface area contributed by atoms with Crippen LogP contribution in [0.2, 0.25) is 0 Å². The van der Waals surface area contributed by atoms with Gasteiger partial charge in [0, 0.05) is 11.8 Å². The topological polar surface area (TPSA) is 30.4 Å². The van der Waals surface area contributed by atoms with Gasteiger partial charge >= 0.3 is 5.84 Å². The first-order valence-corrected chi connectivity index (χ1v) is 5.26. The highest BCUT2D eigenvalue weighted by Crippen LogP contribution is 2.22. The number of rotatable bonds is 1. The third-order valence-corrected chi connectivity index (χ3v) is 2.86. The number of hydrogen-bond donors (Lipinski definition) is 0. The van der Waals surface area contributed by atoms with Gasteiger partial charge in [0.25, 0.3) is 0 Å². The number of oxazole rings is 1. The van der Waals surface area contributed by atoms with Gasteiger partial charge in [0.1, 0.15) is 5.76 Å². The standard InChI is InChI=1S/C13H12N2O/c1-9-10(2)16-13-14-12(8-15(9)13)11-6-4-3-5-7-11/h3-8H,1-2H3. The van der Waals surface area contributed by atoms with Gasteiger partial charge < -0.3 is 4.42 Å². The first-order chi connectivity index (χ1) is 7.75. The molecule has 3 aromatic rings. The molecule has 0 aliphatic heterocycles. The summed E-state index contributed by atoms with van der Waals surface area (Å²) in [6.07, 6.45) is 2.01. The fourth-order valence-corrected chi connectivity index (χ4v) is 1.80. The molecule has 1 aromatic carbocycles. The maximum Gasteiger partial charge on any atom is 0.306 e. The molecule has 0 amide bonds. The Balaban J connectivity index is 2.20. The van der Waals surface area contributed by atoms with Gasteiger partial charge in [-0.25, -0.2) is 0 Å². The molecule has 0 saturated carbocycles. The Kier molecular flexibility index (Phi) is 1.86.